The molecule has 0 unspecified atom stereocenters. The Morgan fingerprint density at radius 3 is 2.83 bits per heavy atom. The smallest absolute Gasteiger partial charge is 0.146 e. The largest absolute Gasteiger partial charge is 0.379 e. The van der Waals surface area contributed by atoms with Crippen LogP contribution in [0.3, 0.4) is 0 Å². The van der Waals surface area contributed by atoms with E-state index in [2.05, 4.69) is 20.5 Å². The zero-order valence-electron chi connectivity index (χ0n) is 16.5. The van der Waals surface area contributed by atoms with Crippen molar-refractivity contribution in [2.24, 2.45) is 0 Å². The van der Waals surface area contributed by atoms with E-state index in [0.29, 0.717) is 0 Å². The van der Waals surface area contributed by atoms with Crippen molar-refractivity contribution in [3.05, 3.63) is 40.7 Å². The van der Waals surface area contributed by atoms with Crippen LogP contribution in [-0.4, -0.2) is 59.2 Å². The molecule has 0 spiro atoms. The van der Waals surface area contributed by atoms with Crippen molar-refractivity contribution >= 4 is 33.2 Å². The number of pyridine rings is 1. The predicted octanol–water partition coefficient (Wildman–Crippen LogP) is 2.93. The third-order valence-electron chi connectivity index (χ3n) is 5.47. The maximum atomic E-state index is 5.47. The van der Waals surface area contributed by atoms with Crippen molar-refractivity contribution in [1.29, 1.82) is 0 Å². The van der Waals surface area contributed by atoms with Gasteiger partial charge in [-0.1, -0.05) is 6.07 Å². The number of morpholine rings is 1. The van der Waals surface area contributed by atoms with Crippen molar-refractivity contribution in [2.75, 3.05) is 50.0 Å². The van der Waals surface area contributed by atoms with Gasteiger partial charge in [-0.2, -0.15) is 0 Å². The monoisotopic (exact) mass is 410 g/mol. The minimum absolute atomic E-state index is 0.780. The number of rotatable bonds is 7. The molecule has 0 aromatic carbocycles. The summed E-state index contributed by atoms with van der Waals surface area (Å²) in [6.45, 7) is 5.82. The van der Waals surface area contributed by atoms with E-state index in [1.165, 1.54) is 28.7 Å². The van der Waals surface area contributed by atoms with E-state index >= 15 is 0 Å². The lowest BCUT2D eigenvalue weighted by atomic mass is 10.2. The van der Waals surface area contributed by atoms with Crippen LogP contribution < -0.4 is 10.6 Å². The molecule has 0 amide bonds. The summed E-state index contributed by atoms with van der Waals surface area (Å²) in [5, 5.41) is 8.17. The summed E-state index contributed by atoms with van der Waals surface area (Å²) in [4.78, 5) is 19.2. The van der Waals surface area contributed by atoms with Gasteiger partial charge < -0.3 is 15.4 Å². The second kappa shape index (κ2) is 8.61. The number of fused-ring (bicyclic) bond motifs is 3. The quantitative estimate of drug-likeness (QED) is 0.580. The lowest BCUT2D eigenvalue weighted by molar-refractivity contribution is 0.0331. The number of nitrogens with one attached hydrogen (secondary N) is 2. The number of aromatic nitrogens is 3. The SMILES string of the molecule is c1ccc(NCCNc2nc(CN3CCOCC3)nc3sc4c(c23)CCC4)nc1. The summed E-state index contributed by atoms with van der Waals surface area (Å²) >= 11 is 1.85. The van der Waals surface area contributed by atoms with Gasteiger partial charge in [0.05, 0.1) is 25.1 Å². The predicted molar refractivity (Wildman–Crippen MR) is 117 cm³/mol. The molecule has 29 heavy (non-hydrogen) atoms. The second-order valence-corrected chi connectivity index (χ2v) is 8.57. The van der Waals surface area contributed by atoms with Crippen LogP contribution in [0, 0.1) is 0 Å². The zero-order valence-corrected chi connectivity index (χ0v) is 17.3. The lowest BCUT2D eigenvalue weighted by Gasteiger charge is -2.25. The van der Waals surface area contributed by atoms with Gasteiger partial charge in [0, 0.05) is 37.3 Å². The number of ether oxygens (including phenoxy) is 1. The highest BCUT2D eigenvalue weighted by Crippen LogP contribution is 2.39. The van der Waals surface area contributed by atoms with Crippen LogP contribution in [0.1, 0.15) is 22.7 Å². The molecule has 152 valence electrons. The van der Waals surface area contributed by atoms with Gasteiger partial charge in [0.1, 0.15) is 22.3 Å². The summed E-state index contributed by atoms with van der Waals surface area (Å²) in [7, 11) is 0. The molecule has 1 saturated heterocycles. The minimum atomic E-state index is 0.780. The Kier molecular flexibility index (Phi) is 5.56. The molecule has 4 heterocycles. The molecule has 5 rings (SSSR count). The molecule has 1 aliphatic heterocycles. The topological polar surface area (TPSA) is 75.2 Å². The van der Waals surface area contributed by atoms with Crippen molar-refractivity contribution in [3.63, 3.8) is 0 Å². The molecule has 0 atom stereocenters. The van der Waals surface area contributed by atoms with E-state index in [-0.39, 0.29) is 0 Å². The van der Waals surface area contributed by atoms with Crippen LogP contribution in [-0.2, 0) is 24.1 Å². The van der Waals surface area contributed by atoms with E-state index in [0.717, 1.165) is 74.6 Å². The Bertz CT molecular complexity index is 970. The van der Waals surface area contributed by atoms with Gasteiger partial charge in [-0.15, -0.1) is 11.3 Å². The molecule has 1 aliphatic carbocycles. The fourth-order valence-corrected chi connectivity index (χ4v) is 5.32. The fraction of sp³-hybridized carbons (Fsp3) is 0.476. The summed E-state index contributed by atoms with van der Waals surface area (Å²) in [6, 6.07) is 5.90. The van der Waals surface area contributed by atoms with Gasteiger partial charge in [-0.25, -0.2) is 15.0 Å². The number of anilines is 2. The van der Waals surface area contributed by atoms with Crippen molar-refractivity contribution in [3.8, 4) is 0 Å². The molecular formula is C21H26N6OS. The molecule has 0 bridgehead atoms. The highest BCUT2D eigenvalue weighted by Gasteiger charge is 2.23. The maximum Gasteiger partial charge on any atom is 0.146 e. The number of aryl methyl sites for hydroxylation is 2. The first-order valence-electron chi connectivity index (χ1n) is 10.4. The van der Waals surface area contributed by atoms with Crippen LogP contribution in [0.4, 0.5) is 11.6 Å². The Hall–Kier alpha value is -2.29. The highest BCUT2D eigenvalue weighted by molar-refractivity contribution is 7.19. The summed E-state index contributed by atoms with van der Waals surface area (Å²) in [6.07, 6.45) is 5.36. The second-order valence-electron chi connectivity index (χ2n) is 7.48. The molecule has 3 aromatic rings. The third-order valence-corrected chi connectivity index (χ3v) is 6.65. The number of thiophene rings is 1. The molecular weight excluding hydrogens is 384 g/mol. The molecule has 0 saturated carbocycles. The first-order valence-corrected chi connectivity index (χ1v) is 11.2. The van der Waals surface area contributed by atoms with Crippen LogP contribution in [0.5, 0.6) is 0 Å². The molecule has 2 N–H and O–H groups in total. The van der Waals surface area contributed by atoms with E-state index in [1.807, 2.05) is 29.5 Å². The molecule has 8 heteroatoms. The van der Waals surface area contributed by atoms with Crippen molar-refractivity contribution in [1.82, 2.24) is 19.9 Å². The number of hydrogen-bond acceptors (Lipinski definition) is 8. The zero-order chi connectivity index (χ0) is 19.5. The standard InChI is InChI=1S/C21H26N6OS/c1-2-7-22-17(6-1)23-8-9-24-20-19-15-4-3-5-16(15)29-21(19)26-18(25-20)14-27-10-12-28-13-11-27/h1-2,6-7H,3-5,8-14H2,(H,22,23)(H,24,25,26). The minimum Gasteiger partial charge on any atom is -0.379 e. The van der Waals surface area contributed by atoms with E-state index < -0.39 is 0 Å². The van der Waals surface area contributed by atoms with E-state index in [4.69, 9.17) is 14.7 Å². The Labute approximate surface area is 174 Å². The molecule has 7 nitrogen and oxygen atoms in total. The molecule has 0 radical (unpaired) electrons. The number of nitrogens with zero attached hydrogens (tertiary/aromatic N) is 4. The normalized spacial score (nSPS) is 16.8. The van der Waals surface area contributed by atoms with Crippen LogP contribution in [0.25, 0.3) is 10.2 Å². The summed E-state index contributed by atoms with van der Waals surface area (Å²) < 4.78 is 5.47. The van der Waals surface area contributed by atoms with Gasteiger partial charge in [0.25, 0.3) is 0 Å². The summed E-state index contributed by atoms with van der Waals surface area (Å²) in [5.74, 6) is 2.78. The molecule has 2 aliphatic rings. The fourth-order valence-electron chi connectivity index (χ4n) is 4.04. The van der Waals surface area contributed by atoms with Gasteiger partial charge in [-0.3, -0.25) is 4.90 Å². The first kappa shape index (κ1) is 18.7. The lowest BCUT2D eigenvalue weighted by Crippen LogP contribution is -2.36. The first-order chi connectivity index (χ1) is 14.4. The summed E-state index contributed by atoms with van der Waals surface area (Å²) in [5.41, 5.74) is 1.46. The Morgan fingerprint density at radius 2 is 1.97 bits per heavy atom. The molecule has 1 fully saturated rings. The van der Waals surface area contributed by atoms with Crippen LogP contribution >= 0.6 is 11.3 Å². The van der Waals surface area contributed by atoms with Crippen LogP contribution in [0.2, 0.25) is 0 Å². The van der Waals surface area contributed by atoms with Gasteiger partial charge >= 0.3 is 0 Å². The van der Waals surface area contributed by atoms with E-state index in [9.17, 15) is 0 Å². The maximum absolute atomic E-state index is 5.47. The van der Waals surface area contributed by atoms with Gasteiger partial charge in [0.2, 0.25) is 0 Å². The van der Waals surface area contributed by atoms with Crippen molar-refractivity contribution in [2.45, 2.75) is 25.8 Å². The average Bonchev–Trinajstić information content (AvgIpc) is 3.33. The Balaban J connectivity index is 1.34. The van der Waals surface area contributed by atoms with Crippen LogP contribution in [0.15, 0.2) is 24.4 Å². The van der Waals surface area contributed by atoms with Crippen molar-refractivity contribution < 1.29 is 4.74 Å². The third kappa shape index (κ3) is 4.19. The molecule has 3 aromatic heterocycles. The highest BCUT2D eigenvalue weighted by atomic mass is 32.1. The van der Waals surface area contributed by atoms with Gasteiger partial charge in [-0.05, 0) is 37.0 Å². The number of hydrogen-bond donors (Lipinski definition) is 2. The van der Waals surface area contributed by atoms with Gasteiger partial charge in [0.15, 0.2) is 0 Å². The Morgan fingerprint density at radius 1 is 1.07 bits per heavy atom. The van der Waals surface area contributed by atoms with E-state index in [1.54, 1.807) is 6.20 Å². The average molecular weight is 411 g/mol.